The highest BCUT2D eigenvalue weighted by Crippen LogP contribution is 2.29. The van der Waals surface area contributed by atoms with Crippen LogP contribution >= 0.6 is 0 Å². The number of alkyl halides is 3. The second-order valence-corrected chi connectivity index (χ2v) is 4.95. The number of hydrogen-bond donors (Lipinski definition) is 2. The van der Waals surface area contributed by atoms with Gasteiger partial charge in [-0.15, -0.1) is 0 Å². The quantitative estimate of drug-likeness (QED) is 0.785. The van der Waals surface area contributed by atoms with Crippen molar-refractivity contribution in [1.29, 1.82) is 0 Å². The lowest BCUT2D eigenvalue weighted by Crippen LogP contribution is -2.33. The molecule has 0 saturated heterocycles. The van der Waals surface area contributed by atoms with E-state index in [1.165, 1.54) is 0 Å². The van der Waals surface area contributed by atoms with Crippen molar-refractivity contribution < 1.29 is 22.8 Å². The van der Waals surface area contributed by atoms with Crippen LogP contribution in [0.4, 0.5) is 18.9 Å². The van der Waals surface area contributed by atoms with Gasteiger partial charge in [-0.2, -0.15) is 13.2 Å². The zero-order valence-electron chi connectivity index (χ0n) is 12.3. The summed E-state index contributed by atoms with van der Waals surface area (Å²) in [6.45, 7) is 1.06. The van der Waals surface area contributed by atoms with Crippen LogP contribution in [0, 0.1) is 0 Å². The molecular weight excluding hydrogens is 299 g/mol. The van der Waals surface area contributed by atoms with E-state index in [9.17, 15) is 22.8 Å². The van der Waals surface area contributed by atoms with Crippen molar-refractivity contribution in [3.05, 3.63) is 29.8 Å². The molecule has 0 atom stereocenters. The number of nitrogens with one attached hydrogen (secondary N) is 2. The second-order valence-electron chi connectivity index (χ2n) is 4.95. The van der Waals surface area contributed by atoms with Gasteiger partial charge in [-0.05, 0) is 38.4 Å². The molecule has 0 unspecified atom stereocenters. The highest BCUT2D eigenvalue weighted by molar-refractivity contribution is 6.03. The minimum Gasteiger partial charge on any atom is -0.354 e. The van der Waals surface area contributed by atoms with Gasteiger partial charge in [-0.25, -0.2) is 0 Å². The normalized spacial score (nSPS) is 11.4. The molecule has 1 aromatic rings. The fourth-order valence-corrected chi connectivity index (χ4v) is 1.57. The average Bonchev–Trinajstić information content (AvgIpc) is 2.37. The molecule has 1 rings (SSSR count). The van der Waals surface area contributed by atoms with Crippen LogP contribution in [0.25, 0.3) is 0 Å². The van der Waals surface area contributed by atoms with E-state index >= 15 is 0 Å². The van der Waals surface area contributed by atoms with Gasteiger partial charge in [0.2, 0.25) is 11.8 Å². The van der Waals surface area contributed by atoms with E-state index in [-0.39, 0.29) is 12.1 Å². The van der Waals surface area contributed by atoms with Gasteiger partial charge in [0.1, 0.15) is 6.42 Å². The fourth-order valence-electron chi connectivity index (χ4n) is 1.57. The number of likely N-dealkylation sites (N-methyl/N-ethyl adjacent to an activating group) is 1. The zero-order valence-corrected chi connectivity index (χ0v) is 12.3. The van der Waals surface area contributed by atoms with Crippen LogP contribution in [0.15, 0.2) is 24.3 Å². The lowest BCUT2D eigenvalue weighted by atomic mass is 10.2. The molecule has 5 nitrogen and oxygen atoms in total. The first-order valence-corrected chi connectivity index (χ1v) is 6.57. The maximum atomic E-state index is 12.4. The topological polar surface area (TPSA) is 61.4 Å². The summed E-state index contributed by atoms with van der Waals surface area (Å²) in [7, 11) is 3.70. The van der Waals surface area contributed by atoms with Crippen molar-refractivity contribution in [3.63, 3.8) is 0 Å². The molecule has 8 heteroatoms. The van der Waals surface area contributed by atoms with Crippen LogP contribution in [-0.4, -0.2) is 43.9 Å². The zero-order chi connectivity index (χ0) is 16.8. The molecule has 1 aromatic carbocycles. The number of halogens is 3. The van der Waals surface area contributed by atoms with Crippen LogP contribution in [0.3, 0.4) is 0 Å². The summed E-state index contributed by atoms with van der Waals surface area (Å²) in [5.74, 6) is -1.02. The Morgan fingerprint density at radius 3 is 2.18 bits per heavy atom. The molecule has 0 aliphatic rings. The molecule has 0 heterocycles. The molecule has 0 aromatic heterocycles. The van der Waals surface area contributed by atoms with E-state index in [4.69, 9.17) is 0 Å². The van der Waals surface area contributed by atoms with E-state index in [2.05, 4.69) is 10.6 Å². The summed E-state index contributed by atoms with van der Waals surface area (Å²) in [6, 6.07) is 4.02. The van der Waals surface area contributed by atoms with Crippen molar-refractivity contribution in [3.8, 4) is 0 Å². The summed E-state index contributed by atoms with van der Waals surface area (Å²) >= 11 is 0. The first-order chi connectivity index (χ1) is 10.2. The van der Waals surface area contributed by atoms with Gasteiger partial charge >= 0.3 is 6.18 Å². The largest absolute Gasteiger partial charge is 0.416 e. The van der Waals surface area contributed by atoms with Crippen LogP contribution in [0.5, 0.6) is 0 Å². The Bertz CT molecular complexity index is 513. The maximum Gasteiger partial charge on any atom is 0.416 e. The third kappa shape index (κ3) is 6.57. The van der Waals surface area contributed by atoms with Crippen molar-refractivity contribution in [1.82, 2.24) is 10.2 Å². The second kappa shape index (κ2) is 7.79. The summed E-state index contributed by atoms with van der Waals surface area (Å²) < 4.78 is 37.2. The number of anilines is 1. The van der Waals surface area contributed by atoms with Crippen molar-refractivity contribution in [2.45, 2.75) is 12.6 Å². The highest BCUT2D eigenvalue weighted by Gasteiger charge is 2.29. The number of carbonyl (C=O) groups is 2. The molecule has 0 fully saturated rings. The van der Waals surface area contributed by atoms with E-state index in [0.29, 0.717) is 13.1 Å². The standard InChI is InChI=1S/C14H18F3N3O2/c1-20(2)8-7-18-12(21)9-13(22)19-11-5-3-10(4-6-11)14(15,16)17/h3-6H,7-9H2,1-2H3,(H,18,21)(H,19,22). The van der Waals surface area contributed by atoms with Gasteiger partial charge < -0.3 is 15.5 Å². The van der Waals surface area contributed by atoms with Crippen molar-refractivity contribution in [2.24, 2.45) is 0 Å². The van der Waals surface area contributed by atoms with Gasteiger partial charge in [0.05, 0.1) is 5.56 Å². The minimum absolute atomic E-state index is 0.207. The molecule has 122 valence electrons. The summed E-state index contributed by atoms with van der Waals surface area (Å²) in [4.78, 5) is 24.9. The summed E-state index contributed by atoms with van der Waals surface area (Å²) in [5, 5.41) is 4.94. The molecule has 0 aliphatic heterocycles. The molecule has 2 amide bonds. The number of carbonyl (C=O) groups excluding carboxylic acids is 2. The predicted octanol–water partition coefficient (Wildman–Crippen LogP) is 1.71. The van der Waals surface area contributed by atoms with E-state index < -0.39 is 23.6 Å². The molecule has 0 saturated carbocycles. The summed E-state index contributed by atoms with van der Waals surface area (Å²) in [6.07, 6.45) is -4.80. The Morgan fingerprint density at radius 1 is 1.09 bits per heavy atom. The lowest BCUT2D eigenvalue weighted by molar-refractivity contribution is -0.137. The Kier molecular flexibility index (Phi) is 6.36. The van der Waals surface area contributed by atoms with E-state index in [1.807, 2.05) is 19.0 Å². The highest BCUT2D eigenvalue weighted by atomic mass is 19.4. The predicted molar refractivity (Wildman–Crippen MR) is 76.3 cm³/mol. The average molecular weight is 317 g/mol. The Labute approximate surface area is 126 Å². The van der Waals surface area contributed by atoms with E-state index in [1.54, 1.807) is 0 Å². The molecule has 2 N–H and O–H groups in total. The fraction of sp³-hybridized carbons (Fsp3) is 0.429. The van der Waals surface area contributed by atoms with Crippen LogP contribution < -0.4 is 10.6 Å². The SMILES string of the molecule is CN(C)CCNC(=O)CC(=O)Nc1ccc(C(F)(F)F)cc1. The number of rotatable bonds is 6. The number of nitrogens with zero attached hydrogens (tertiary/aromatic N) is 1. The Hall–Kier alpha value is -2.09. The first-order valence-electron chi connectivity index (χ1n) is 6.57. The first kappa shape index (κ1) is 18.0. The number of benzene rings is 1. The molecular formula is C14H18F3N3O2. The Morgan fingerprint density at radius 2 is 1.68 bits per heavy atom. The number of amides is 2. The molecule has 0 aliphatic carbocycles. The van der Waals surface area contributed by atoms with Gasteiger partial charge in [0, 0.05) is 18.8 Å². The third-order valence-corrected chi connectivity index (χ3v) is 2.70. The third-order valence-electron chi connectivity index (χ3n) is 2.70. The van der Waals surface area contributed by atoms with Gasteiger partial charge in [-0.3, -0.25) is 9.59 Å². The van der Waals surface area contributed by atoms with Crippen LogP contribution in [-0.2, 0) is 15.8 Å². The maximum absolute atomic E-state index is 12.4. The number of hydrogen-bond acceptors (Lipinski definition) is 3. The van der Waals surface area contributed by atoms with Crippen molar-refractivity contribution >= 4 is 17.5 Å². The molecule has 22 heavy (non-hydrogen) atoms. The van der Waals surface area contributed by atoms with Crippen LogP contribution in [0.1, 0.15) is 12.0 Å². The minimum atomic E-state index is -4.42. The smallest absolute Gasteiger partial charge is 0.354 e. The van der Waals surface area contributed by atoms with Crippen molar-refractivity contribution in [2.75, 3.05) is 32.5 Å². The van der Waals surface area contributed by atoms with Gasteiger partial charge in [-0.1, -0.05) is 0 Å². The lowest BCUT2D eigenvalue weighted by Gasteiger charge is -2.11. The molecule has 0 bridgehead atoms. The molecule has 0 radical (unpaired) electrons. The summed E-state index contributed by atoms with van der Waals surface area (Å²) in [5.41, 5.74) is -0.592. The molecule has 0 spiro atoms. The van der Waals surface area contributed by atoms with Gasteiger partial charge in [0.25, 0.3) is 0 Å². The van der Waals surface area contributed by atoms with Gasteiger partial charge in [0.15, 0.2) is 0 Å². The van der Waals surface area contributed by atoms with E-state index in [0.717, 1.165) is 24.3 Å². The van der Waals surface area contributed by atoms with Crippen LogP contribution in [0.2, 0.25) is 0 Å². The Balaban J connectivity index is 2.43. The monoisotopic (exact) mass is 317 g/mol.